The molecule has 12 N–H and O–H groups in total. The minimum atomic E-state index is 0. The van der Waals surface area contributed by atoms with Gasteiger partial charge in [0.2, 0.25) is 0 Å². The first-order valence-corrected chi connectivity index (χ1v) is 2.84. The Labute approximate surface area is 91.9 Å². The Bertz CT molecular complexity index is 320. The minimum Gasteiger partial charge on any atom is -0.412 e. The van der Waals surface area contributed by atoms with Gasteiger partial charge in [-0.05, 0) is 10.4 Å². The molecule has 100 valence electrons. The SMILES string of the molecule is N(=N\c1nn[nH]n1)/c1nn[nH]n1.O.O.O.O.O. The van der Waals surface area contributed by atoms with Gasteiger partial charge in [-0.1, -0.05) is 10.2 Å². The van der Waals surface area contributed by atoms with E-state index in [2.05, 4.69) is 51.5 Å². The van der Waals surface area contributed by atoms with Crippen molar-refractivity contribution in [2.75, 3.05) is 0 Å². The van der Waals surface area contributed by atoms with E-state index in [1.54, 1.807) is 0 Å². The lowest BCUT2D eigenvalue weighted by atomic mass is 11.1. The van der Waals surface area contributed by atoms with E-state index in [-0.39, 0.29) is 39.3 Å². The molecule has 2 heterocycles. The highest BCUT2D eigenvalue weighted by molar-refractivity contribution is 5.10. The van der Waals surface area contributed by atoms with Gasteiger partial charge in [-0.15, -0.1) is 20.4 Å². The zero-order valence-electron chi connectivity index (χ0n) is 8.08. The van der Waals surface area contributed by atoms with Crippen LogP contribution >= 0.6 is 0 Å². The van der Waals surface area contributed by atoms with Crippen LogP contribution in [0.2, 0.25) is 0 Å². The molecule has 0 radical (unpaired) electrons. The van der Waals surface area contributed by atoms with Crippen molar-refractivity contribution >= 4 is 11.9 Å². The van der Waals surface area contributed by atoms with Gasteiger partial charge in [-0.2, -0.15) is 10.4 Å². The third kappa shape index (κ3) is 6.59. The summed E-state index contributed by atoms with van der Waals surface area (Å²) in [5.74, 6) is 0.222. The van der Waals surface area contributed by atoms with Crippen LogP contribution in [0.15, 0.2) is 10.2 Å². The lowest BCUT2D eigenvalue weighted by molar-refractivity contribution is 0.823. The number of nitrogens with zero attached hydrogens (tertiary/aromatic N) is 8. The van der Waals surface area contributed by atoms with Crippen LogP contribution in [0.4, 0.5) is 11.9 Å². The van der Waals surface area contributed by atoms with Crippen molar-refractivity contribution in [1.29, 1.82) is 0 Å². The Morgan fingerprint density at radius 3 is 1.24 bits per heavy atom. The number of hydrogen-bond acceptors (Lipinski definition) is 8. The number of azo groups is 1. The summed E-state index contributed by atoms with van der Waals surface area (Å²) < 4.78 is 0. The van der Waals surface area contributed by atoms with Crippen molar-refractivity contribution in [2.45, 2.75) is 0 Å². The molecule has 0 atom stereocenters. The number of aromatic nitrogens is 8. The van der Waals surface area contributed by atoms with Gasteiger partial charge < -0.3 is 27.4 Å². The van der Waals surface area contributed by atoms with Crippen molar-refractivity contribution < 1.29 is 27.4 Å². The van der Waals surface area contributed by atoms with E-state index in [9.17, 15) is 0 Å². The molecule has 0 saturated heterocycles. The molecule has 0 unspecified atom stereocenters. The van der Waals surface area contributed by atoms with Gasteiger partial charge in [-0.25, -0.2) is 0 Å². The monoisotopic (exact) mass is 256 g/mol. The third-order valence-electron chi connectivity index (χ3n) is 0.897. The van der Waals surface area contributed by atoms with E-state index in [1.807, 2.05) is 0 Å². The fourth-order valence-corrected chi connectivity index (χ4v) is 0.487. The van der Waals surface area contributed by atoms with Crippen LogP contribution < -0.4 is 0 Å². The van der Waals surface area contributed by atoms with Gasteiger partial charge in [0.1, 0.15) is 0 Å². The summed E-state index contributed by atoms with van der Waals surface area (Å²) in [7, 11) is 0. The summed E-state index contributed by atoms with van der Waals surface area (Å²) in [4.78, 5) is 0. The Morgan fingerprint density at radius 1 is 0.647 bits per heavy atom. The second-order valence-electron chi connectivity index (χ2n) is 1.62. The molecular formula is C2H12N10O5. The number of nitrogens with one attached hydrogen (secondary N) is 2. The topological polar surface area (TPSA) is 291 Å². The molecule has 0 aliphatic rings. The number of tetrazole rings is 2. The van der Waals surface area contributed by atoms with Crippen LogP contribution in [0.1, 0.15) is 0 Å². The maximum absolute atomic E-state index is 3.53. The van der Waals surface area contributed by atoms with E-state index in [4.69, 9.17) is 0 Å². The molecule has 0 aromatic carbocycles. The molecule has 0 saturated carbocycles. The van der Waals surface area contributed by atoms with E-state index < -0.39 is 0 Å². The molecule has 15 nitrogen and oxygen atoms in total. The highest BCUT2D eigenvalue weighted by atomic mass is 16.0. The average Bonchev–Trinajstić information content (AvgIpc) is 2.74. The third-order valence-corrected chi connectivity index (χ3v) is 0.897. The Hall–Kier alpha value is -2.46. The maximum atomic E-state index is 3.53. The van der Waals surface area contributed by atoms with E-state index in [1.165, 1.54) is 0 Å². The molecule has 0 aliphatic carbocycles. The van der Waals surface area contributed by atoms with E-state index in [0.29, 0.717) is 0 Å². The molecule has 2 rings (SSSR count). The summed E-state index contributed by atoms with van der Waals surface area (Å²) >= 11 is 0. The molecule has 0 bridgehead atoms. The Kier molecular flexibility index (Phi) is 16.4. The van der Waals surface area contributed by atoms with Gasteiger partial charge in [0, 0.05) is 0 Å². The quantitative estimate of drug-likeness (QED) is 0.494. The molecule has 2 aromatic heterocycles. The summed E-state index contributed by atoms with van der Waals surface area (Å²) in [6, 6.07) is 0. The van der Waals surface area contributed by atoms with Crippen LogP contribution in [0.3, 0.4) is 0 Å². The predicted octanol–water partition coefficient (Wildman–Crippen LogP) is -5.00. The molecule has 17 heavy (non-hydrogen) atoms. The van der Waals surface area contributed by atoms with Crippen LogP contribution in [0.5, 0.6) is 0 Å². The van der Waals surface area contributed by atoms with Gasteiger partial charge in [-0.3, -0.25) is 0 Å². The molecule has 0 fully saturated rings. The highest BCUT2D eigenvalue weighted by Crippen LogP contribution is 2.04. The predicted molar refractivity (Wildman–Crippen MR) is 50.6 cm³/mol. The largest absolute Gasteiger partial charge is 0.412 e. The number of H-pyrrole nitrogens is 2. The second kappa shape index (κ2) is 11.6. The van der Waals surface area contributed by atoms with Crippen LogP contribution in [0.25, 0.3) is 0 Å². The maximum Gasteiger partial charge on any atom is 0.307 e. The normalized spacial score (nSPS) is 7.76. The molecule has 0 aliphatic heterocycles. The summed E-state index contributed by atoms with van der Waals surface area (Å²) in [5.41, 5.74) is 0. The fraction of sp³-hybridized carbons (Fsp3) is 0. The van der Waals surface area contributed by atoms with Gasteiger partial charge >= 0.3 is 11.9 Å². The summed E-state index contributed by atoms with van der Waals surface area (Å²) in [5, 5.41) is 32.1. The first-order valence-electron chi connectivity index (χ1n) is 2.84. The second-order valence-corrected chi connectivity index (χ2v) is 1.62. The Balaban J connectivity index is -0.000000169. The van der Waals surface area contributed by atoms with E-state index >= 15 is 0 Å². The molecule has 0 amide bonds. The lowest BCUT2D eigenvalue weighted by Gasteiger charge is -1.74. The van der Waals surface area contributed by atoms with Crippen molar-refractivity contribution in [3.05, 3.63) is 0 Å². The van der Waals surface area contributed by atoms with Gasteiger partial charge in [0.15, 0.2) is 0 Å². The first-order chi connectivity index (χ1) is 5.95. The van der Waals surface area contributed by atoms with Gasteiger partial charge in [0.25, 0.3) is 0 Å². The molecule has 15 heteroatoms. The lowest BCUT2D eigenvalue weighted by Crippen LogP contribution is -1.68. The smallest absolute Gasteiger partial charge is 0.307 e. The molecule has 2 aromatic rings. The van der Waals surface area contributed by atoms with Gasteiger partial charge in [0.05, 0.1) is 0 Å². The standard InChI is InChI=1S/C2H2N10.5H2O/c3(1-5-9-10-6-1)4-2-7-11-12-8-2;;;;;/h(H,5,6,9,10)(H,7,8,11,12);5*1H2/b4-3+;;;;;. The average molecular weight is 256 g/mol. The zero-order chi connectivity index (χ0) is 8.23. The van der Waals surface area contributed by atoms with Crippen LogP contribution in [-0.2, 0) is 0 Å². The Morgan fingerprint density at radius 2 is 1.00 bits per heavy atom. The number of hydrogen-bond donors (Lipinski definition) is 2. The zero-order valence-corrected chi connectivity index (χ0v) is 8.08. The van der Waals surface area contributed by atoms with Crippen molar-refractivity contribution in [3.8, 4) is 0 Å². The minimum absolute atomic E-state index is 0. The fourth-order valence-electron chi connectivity index (χ4n) is 0.487. The summed E-state index contributed by atoms with van der Waals surface area (Å²) in [6.07, 6.45) is 0. The van der Waals surface area contributed by atoms with Crippen molar-refractivity contribution in [3.63, 3.8) is 0 Å². The van der Waals surface area contributed by atoms with Crippen LogP contribution in [-0.4, -0.2) is 68.6 Å². The molecule has 0 spiro atoms. The highest BCUT2D eigenvalue weighted by Gasteiger charge is 1.95. The van der Waals surface area contributed by atoms with E-state index in [0.717, 1.165) is 0 Å². The molecular weight excluding hydrogens is 244 g/mol. The van der Waals surface area contributed by atoms with Crippen molar-refractivity contribution in [1.82, 2.24) is 41.2 Å². The first kappa shape index (κ1) is 24.0. The number of aromatic amines is 2. The van der Waals surface area contributed by atoms with Crippen molar-refractivity contribution in [2.24, 2.45) is 10.2 Å². The summed E-state index contributed by atoms with van der Waals surface area (Å²) in [6.45, 7) is 0. The van der Waals surface area contributed by atoms with Crippen LogP contribution in [0, 0.1) is 0 Å². The number of rotatable bonds is 2.